The number of benzene rings is 2. The fourth-order valence-electron chi connectivity index (χ4n) is 5.75. The van der Waals surface area contributed by atoms with E-state index >= 15 is 0 Å². The van der Waals surface area contributed by atoms with Gasteiger partial charge in [0.15, 0.2) is 0 Å². The third-order valence-electron chi connectivity index (χ3n) is 7.27. The van der Waals surface area contributed by atoms with Crippen LogP contribution in [-0.4, -0.2) is 44.1 Å². The maximum absolute atomic E-state index is 13.5. The summed E-state index contributed by atoms with van der Waals surface area (Å²) in [7, 11) is 0. The molecular weight excluding hydrogens is 452 g/mol. The molecule has 1 aliphatic heterocycles. The Morgan fingerprint density at radius 1 is 1.18 bits per heavy atom. The average Bonchev–Trinajstić information content (AvgIpc) is 3.54. The third-order valence-corrected chi connectivity index (χ3v) is 7.27. The van der Waals surface area contributed by atoms with Crippen LogP contribution < -0.4 is 0 Å². The maximum atomic E-state index is 13.5. The average molecular weight is 476 g/mol. The molecule has 10 heteroatoms. The van der Waals surface area contributed by atoms with E-state index in [0.717, 1.165) is 29.5 Å². The first kappa shape index (κ1) is 22.9. The number of ether oxygens (including phenoxy) is 1. The van der Waals surface area contributed by atoms with E-state index in [1.807, 2.05) is 6.92 Å². The van der Waals surface area contributed by atoms with E-state index in [0.29, 0.717) is 17.7 Å². The number of halogens is 4. The molecule has 1 N–H and O–H groups in total. The standard InChI is InChI=1S/C24H24F4N4O2/c1-14-2-7-19(32-22(24(26,27)28)29-30-31-32)10-20(14)17-11-23(34-13-17)9-8-16(12-33)21(23)15-3-5-18(25)6-4-15/h2-7,10,16-17,21,33H,8-9,11-13H2,1H3/t16-,17-,21-,23-/m1/s1. The van der Waals surface area contributed by atoms with E-state index in [-0.39, 0.29) is 35.9 Å². The minimum Gasteiger partial charge on any atom is -0.396 e. The highest BCUT2D eigenvalue weighted by Crippen LogP contribution is 2.56. The molecule has 1 saturated heterocycles. The summed E-state index contributed by atoms with van der Waals surface area (Å²) in [5.41, 5.74) is 2.44. The molecule has 1 aliphatic carbocycles. The number of aliphatic hydroxyl groups is 1. The van der Waals surface area contributed by atoms with Crippen LogP contribution in [0.15, 0.2) is 42.5 Å². The van der Waals surface area contributed by atoms with Crippen LogP contribution in [0.3, 0.4) is 0 Å². The first-order valence-corrected chi connectivity index (χ1v) is 11.2. The molecule has 0 unspecified atom stereocenters. The van der Waals surface area contributed by atoms with Gasteiger partial charge in [0.05, 0.1) is 17.9 Å². The van der Waals surface area contributed by atoms with Gasteiger partial charge in [-0.3, -0.25) is 0 Å². The van der Waals surface area contributed by atoms with Crippen molar-refractivity contribution >= 4 is 0 Å². The highest BCUT2D eigenvalue weighted by molar-refractivity contribution is 5.43. The second-order valence-corrected chi connectivity index (χ2v) is 9.24. The number of rotatable bonds is 4. The number of aromatic nitrogens is 4. The Morgan fingerprint density at radius 2 is 1.94 bits per heavy atom. The van der Waals surface area contributed by atoms with Crippen LogP contribution in [-0.2, 0) is 10.9 Å². The number of alkyl halides is 3. The molecule has 6 nitrogen and oxygen atoms in total. The second-order valence-electron chi connectivity index (χ2n) is 9.24. The van der Waals surface area contributed by atoms with Gasteiger partial charge in [0.2, 0.25) is 0 Å². The monoisotopic (exact) mass is 476 g/mol. The van der Waals surface area contributed by atoms with Crippen molar-refractivity contribution in [1.29, 1.82) is 0 Å². The molecule has 34 heavy (non-hydrogen) atoms. The van der Waals surface area contributed by atoms with Gasteiger partial charge in [0.25, 0.3) is 5.82 Å². The molecule has 1 saturated carbocycles. The number of nitrogens with zero attached hydrogens (tertiary/aromatic N) is 4. The van der Waals surface area contributed by atoms with Gasteiger partial charge in [-0.05, 0) is 83.5 Å². The SMILES string of the molecule is Cc1ccc(-n2nnnc2C(F)(F)F)cc1[C@H]1CO[C@]2(CC[C@H](CO)[C@H]2c2ccc(F)cc2)C1. The first-order chi connectivity index (χ1) is 16.2. The highest BCUT2D eigenvalue weighted by Gasteiger charge is 2.54. The van der Waals surface area contributed by atoms with Crippen LogP contribution in [0.2, 0.25) is 0 Å². The predicted octanol–water partition coefficient (Wildman–Crippen LogP) is 4.56. The molecule has 5 rings (SSSR count). The van der Waals surface area contributed by atoms with E-state index < -0.39 is 17.6 Å². The number of hydrogen-bond donors (Lipinski definition) is 1. The molecule has 0 bridgehead atoms. The zero-order valence-electron chi connectivity index (χ0n) is 18.5. The minimum atomic E-state index is -4.68. The van der Waals surface area contributed by atoms with Gasteiger partial charge in [-0.25, -0.2) is 4.39 Å². The Morgan fingerprint density at radius 3 is 2.65 bits per heavy atom. The van der Waals surface area contributed by atoms with Crippen LogP contribution in [0.1, 0.15) is 53.6 Å². The van der Waals surface area contributed by atoms with E-state index in [4.69, 9.17) is 4.74 Å². The summed E-state index contributed by atoms with van der Waals surface area (Å²) >= 11 is 0. The normalized spacial score (nSPS) is 27.1. The summed E-state index contributed by atoms with van der Waals surface area (Å²) in [5.74, 6) is -1.66. The van der Waals surface area contributed by atoms with Crippen molar-refractivity contribution in [3.8, 4) is 5.69 Å². The zero-order valence-corrected chi connectivity index (χ0v) is 18.5. The Balaban J connectivity index is 1.47. The van der Waals surface area contributed by atoms with E-state index in [2.05, 4.69) is 15.5 Å². The number of aryl methyl sites for hydroxylation is 1. The third kappa shape index (κ3) is 3.88. The van der Waals surface area contributed by atoms with Crippen molar-refractivity contribution in [1.82, 2.24) is 20.2 Å². The summed E-state index contributed by atoms with van der Waals surface area (Å²) in [6.45, 7) is 2.32. The van der Waals surface area contributed by atoms with Gasteiger partial charge < -0.3 is 9.84 Å². The molecule has 1 aromatic heterocycles. The molecule has 0 amide bonds. The quantitative estimate of drug-likeness (QED) is 0.559. The van der Waals surface area contributed by atoms with Crippen LogP contribution in [0.25, 0.3) is 5.69 Å². The van der Waals surface area contributed by atoms with Crippen molar-refractivity contribution in [2.45, 2.75) is 49.8 Å². The fourth-order valence-corrected chi connectivity index (χ4v) is 5.75. The summed E-state index contributed by atoms with van der Waals surface area (Å²) in [6, 6.07) is 11.3. The molecule has 4 atom stereocenters. The van der Waals surface area contributed by atoms with Gasteiger partial charge in [-0.15, -0.1) is 5.10 Å². The van der Waals surface area contributed by atoms with Crippen LogP contribution in [0.4, 0.5) is 17.6 Å². The molecule has 2 aliphatic rings. The predicted molar refractivity (Wildman–Crippen MR) is 114 cm³/mol. The Kier molecular flexibility index (Phi) is 5.68. The number of hydrogen-bond acceptors (Lipinski definition) is 5. The summed E-state index contributed by atoms with van der Waals surface area (Å²) in [6.07, 6.45) is -2.50. The largest absolute Gasteiger partial charge is 0.453 e. The van der Waals surface area contributed by atoms with Crippen molar-refractivity contribution in [3.63, 3.8) is 0 Å². The van der Waals surface area contributed by atoms with Crippen molar-refractivity contribution in [2.24, 2.45) is 5.92 Å². The molecule has 2 aromatic carbocycles. The van der Waals surface area contributed by atoms with Crippen LogP contribution in [0.5, 0.6) is 0 Å². The lowest BCUT2D eigenvalue weighted by Gasteiger charge is -2.33. The Labute approximate surface area is 193 Å². The highest BCUT2D eigenvalue weighted by atomic mass is 19.4. The molecule has 0 radical (unpaired) electrons. The molecule has 2 fully saturated rings. The Hall–Kier alpha value is -2.85. The minimum absolute atomic E-state index is 0.00580. The second kappa shape index (κ2) is 8.42. The summed E-state index contributed by atoms with van der Waals surface area (Å²) in [4.78, 5) is 0. The smallest absolute Gasteiger partial charge is 0.396 e. The molecule has 3 aromatic rings. The lowest BCUT2D eigenvalue weighted by molar-refractivity contribution is -0.146. The topological polar surface area (TPSA) is 73.1 Å². The number of tetrazole rings is 1. The lowest BCUT2D eigenvalue weighted by Crippen LogP contribution is -2.34. The van der Waals surface area contributed by atoms with E-state index in [9.17, 15) is 22.7 Å². The van der Waals surface area contributed by atoms with E-state index in [1.54, 1.807) is 30.3 Å². The summed E-state index contributed by atoms with van der Waals surface area (Å²) < 4.78 is 60.6. The van der Waals surface area contributed by atoms with Gasteiger partial charge >= 0.3 is 6.18 Å². The maximum Gasteiger partial charge on any atom is 0.453 e. The van der Waals surface area contributed by atoms with Gasteiger partial charge in [0.1, 0.15) is 5.82 Å². The number of aliphatic hydroxyl groups excluding tert-OH is 1. The van der Waals surface area contributed by atoms with Crippen molar-refractivity contribution in [3.05, 3.63) is 70.8 Å². The zero-order chi connectivity index (χ0) is 24.1. The lowest BCUT2D eigenvalue weighted by atomic mass is 9.76. The van der Waals surface area contributed by atoms with Crippen LogP contribution >= 0.6 is 0 Å². The van der Waals surface area contributed by atoms with Crippen molar-refractivity contribution in [2.75, 3.05) is 13.2 Å². The van der Waals surface area contributed by atoms with Crippen molar-refractivity contribution < 1.29 is 27.4 Å². The fraction of sp³-hybridized carbons (Fsp3) is 0.458. The first-order valence-electron chi connectivity index (χ1n) is 11.2. The molecular formula is C24H24F4N4O2. The summed E-state index contributed by atoms with van der Waals surface area (Å²) in [5, 5.41) is 19.9. The Bertz CT molecular complexity index is 1180. The molecule has 1 spiro atoms. The van der Waals surface area contributed by atoms with Crippen LogP contribution in [0, 0.1) is 18.7 Å². The van der Waals surface area contributed by atoms with Gasteiger partial charge in [-0.2, -0.15) is 17.9 Å². The molecule has 2 heterocycles. The van der Waals surface area contributed by atoms with Gasteiger partial charge in [-0.1, -0.05) is 18.2 Å². The van der Waals surface area contributed by atoms with Gasteiger partial charge in [0, 0.05) is 18.4 Å². The van der Waals surface area contributed by atoms with E-state index in [1.165, 1.54) is 12.1 Å². The molecule has 180 valence electrons.